The van der Waals surface area contributed by atoms with Crippen molar-refractivity contribution in [1.29, 1.82) is 0 Å². The number of halogens is 2. The number of rotatable bonds is 3. The average Bonchev–Trinajstić information content (AvgIpc) is 2.82. The molecule has 2 saturated heterocycles. The summed E-state index contributed by atoms with van der Waals surface area (Å²) in [5, 5.41) is 2.73. The van der Waals surface area contributed by atoms with Crippen molar-refractivity contribution in [2.45, 2.75) is 43.3 Å². The van der Waals surface area contributed by atoms with Crippen molar-refractivity contribution in [2.24, 2.45) is 5.92 Å². The van der Waals surface area contributed by atoms with E-state index < -0.39 is 17.4 Å². The number of alkyl halides is 2. The Morgan fingerprint density at radius 3 is 2.69 bits per heavy atom. The van der Waals surface area contributed by atoms with Crippen molar-refractivity contribution in [3.8, 4) is 0 Å². The zero-order chi connectivity index (χ0) is 18.9. The first-order valence-electron chi connectivity index (χ1n) is 9.07. The molecule has 1 N–H and O–H groups in total. The molecule has 0 radical (unpaired) electrons. The van der Waals surface area contributed by atoms with Gasteiger partial charge in [-0.2, -0.15) is 0 Å². The van der Waals surface area contributed by atoms with E-state index in [4.69, 9.17) is 9.47 Å². The third-order valence-electron chi connectivity index (χ3n) is 5.31. The topological polar surface area (TPSA) is 71.1 Å². The minimum absolute atomic E-state index is 0.0823. The van der Waals surface area contributed by atoms with Gasteiger partial charge in [0.05, 0.1) is 25.9 Å². The molecule has 0 aromatic carbocycles. The normalized spacial score (nSPS) is 31.4. The van der Waals surface area contributed by atoms with Crippen molar-refractivity contribution >= 4 is 11.9 Å². The number of carbonyl (C=O) groups is 2. The fourth-order valence-electron chi connectivity index (χ4n) is 3.82. The monoisotopic (exact) mass is 375 g/mol. The van der Waals surface area contributed by atoms with E-state index in [9.17, 15) is 18.4 Å². The Balaban J connectivity index is 1.50. The summed E-state index contributed by atoms with van der Waals surface area (Å²) < 4.78 is 37.5. The second-order valence-corrected chi connectivity index (χ2v) is 7.82. The van der Waals surface area contributed by atoms with Crippen LogP contribution in [0.2, 0.25) is 0 Å². The van der Waals surface area contributed by atoms with Crippen molar-refractivity contribution in [3.63, 3.8) is 0 Å². The van der Waals surface area contributed by atoms with Crippen LogP contribution >= 0.6 is 0 Å². The Bertz CT molecular complexity index is 552. The summed E-state index contributed by atoms with van der Waals surface area (Å²) in [4.78, 5) is 27.5. The quantitative estimate of drug-likeness (QED) is 0.801. The highest BCUT2D eigenvalue weighted by atomic mass is 19.3. The number of nitrogens with zero attached hydrogens (tertiary/aromatic N) is 2. The summed E-state index contributed by atoms with van der Waals surface area (Å²) in [6, 6.07) is -0.0823. The first kappa shape index (κ1) is 19.3. The molecular weight excluding hydrogens is 348 g/mol. The predicted octanol–water partition coefficient (Wildman–Crippen LogP) is 1.08. The molecule has 0 unspecified atom stereocenters. The van der Waals surface area contributed by atoms with Gasteiger partial charge in [0.1, 0.15) is 5.60 Å². The molecular formula is C17H27F2N3O4. The van der Waals surface area contributed by atoms with Gasteiger partial charge in [0.15, 0.2) is 0 Å². The van der Waals surface area contributed by atoms with Gasteiger partial charge in [-0.25, -0.2) is 13.6 Å². The SMILES string of the molecule is CN(C)C(=O)N1CCOC[C@]2(CC[C@H](CNC(=O)C3CC(F)(F)C3)O2)C1. The Labute approximate surface area is 152 Å². The fourth-order valence-corrected chi connectivity index (χ4v) is 3.82. The van der Waals surface area contributed by atoms with Crippen molar-refractivity contribution in [3.05, 3.63) is 0 Å². The van der Waals surface area contributed by atoms with Crippen molar-refractivity contribution in [1.82, 2.24) is 15.1 Å². The van der Waals surface area contributed by atoms with Crippen LogP contribution in [-0.2, 0) is 14.3 Å². The van der Waals surface area contributed by atoms with E-state index in [0.717, 1.165) is 12.8 Å². The second-order valence-electron chi connectivity index (χ2n) is 7.82. The lowest BCUT2D eigenvalue weighted by molar-refractivity contribution is -0.151. The van der Waals surface area contributed by atoms with Gasteiger partial charge in [-0.15, -0.1) is 0 Å². The van der Waals surface area contributed by atoms with Crippen LogP contribution in [0.25, 0.3) is 0 Å². The molecule has 0 aromatic heterocycles. The first-order valence-corrected chi connectivity index (χ1v) is 9.07. The largest absolute Gasteiger partial charge is 0.377 e. The van der Waals surface area contributed by atoms with Crippen LogP contribution in [0.15, 0.2) is 0 Å². The lowest BCUT2D eigenvalue weighted by atomic mass is 9.81. The van der Waals surface area contributed by atoms with Crippen LogP contribution in [0.4, 0.5) is 13.6 Å². The molecule has 2 aliphatic heterocycles. The van der Waals surface area contributed by atoms with E-state index in [0.29, 0.717) is 32.8 Å². The summed E-state index contributed by atoms with van der Waals surface area (Å²) in [7, 11) is 3.41. The van der Waals surface area contributed by atoms with Gasteiger partial charge in [0, 0.05) is 45.9 Å². The van der Waals surface area contributed by atoms with Gasteiger partial charge in [-0.05, 0) is 12.8 Å². The molecule has 3 fully saturated rings. The minimum Gasteiger partial charge on any atom is -0.377 e. The van der Waals surface area contributed by atoms with Crippen LogP contribution in [0.5, 0.6) is 0 Å². The van der Waals surface area contributed by atoms with Crippen LogP contribution in [0.3, 0.4) is 0 Å². The zero-order valence-corrected chi connectivity index (χ0v) is 15.3. The molecule has 9 heteroatoms. The molecule has 0 aromatic rings. The number of ether oxygens (including phenoxy) is 2. The van der Waals surface area contributed by atoms with E-state index in [1.807, 2.05) is 0 Å². The lowest BCUT2D eigenvalue weighted by Gasteiger charge is -2.34. The molecule has 3 rings (SSSR count). The van der Waals surface area contributed by atoms with Crippen molar-refractivity contribution in [2.75, 3.05) is 46.9 Å². The molecule has 2 atom stereocenters. The summed E-state index contributed by atoms with van der Waals surface area (Å²) in [5.74, 6) is -3.63. The standard InChI is InChI=1S/C17H27F2N3O4/c1-21(2)15(24)22-5-6-25-11-16(10-22)4-3-13(26-16)9-20-14(23)12-7-17(18,19)8-12/h12-13H,3-11H2,1-2H3,(H,20,23)/t13-,16+/m1/s1. The molecule has 3 aliphatic rings. The minimum atomic E-state index is -2.70. The Morgan fingerprint density at radius 1 is 1.31 bits per heavy atom. The maximum absolute atomic E-state index is 12.9. The van der Waals surface area contributed by atoms with Gasteiger partial charge in [0.25, 0.3) is 0 Å². The lowest BCUT2D eigenvalue weighted by Crippen LogP contribution is -2.50. The van der Waals surface area contributed by atoms with Gasteiger partial charge >= 0.3 is 6.03 Å². The number of hydrogen-bond donors (Lipinski definition) is 1. The number of amides is 3. The number of urea groups is 1. The van der Waals surface area contributed by atoms with E-state index in [-0.39, 0.29) is 30.9 Å². The maximum atomic E-state index is 12.9. The Hall–Kier alpha value is -1.48. The van der Waals surface area contributed by atoms with Crippen LogP contribution < -0.4 is 5.32 Å². The molecule has 2 heterocycles. The summed E-state index contributed by atoms with van der Waals surface area (Å²) in [6.07, 6.45) is 0.520. The van der Waals surface area contributed by atoms with Crippen molar-refractivity contribution < 1.29 is 27.8 Å². The maximum Gasteiger partial charge on any atom is 0.319 e. The molecule has 1 saturated carbocycles. The summed E-state index contributed by atoms with van der Waals surface area (Å²) in [6.45, 7) is 2.12. The highest BCUT2D eigenvalue weighted by molar-refractivity contribution is 5.79. The smallest absolute Gasteiger partial charge is 0.319 e. The molecule has 148 valence electrons. The average molecular weight is 375 g/mol. The molecule has 7 nitrogen and oxygen atoms in total. The summed E-state index contributed by atoms with van der Waals surface area (Å²) >= 11 is 0. The number of hydrogen-bond acceptors (Lipinski definition) is 4. The Kier molecular flexibility index (Phi) is 5.39. The molecule has 1 spiro atoms. The highest BCUT2D eigenvalue weighted by Gasteiger charge is 2.49. The van der Waals surface area contributed by atoms with Crippen LogP contribution in [0, 0.1) is 5.92 Å². The van der Waals surface area contributed by atoms with Crippen LogP contribution in [-0.4, -0.2) is 86.3 Å². The molecule has 0 bridgehead atoms. The number of carbonyl (C=O) groups excluding carboxylic acids is 2. The molecule has 1 aliphatic carbocycles. The van der Waals surface area contributed by atoms with E-state index in [1.54, 1.807) is 19.0 Å². The van der Waals surface area contributed by atoms with Gasteiger partial charge in [-0.1, -0.05) is 0 Å². The number of nitrogens with one attached hydrogen (secondary N) is 1. The first-order chi connectivity index (χ1) is 12.2. The molecule has 3 amide bonds. The van der Waals surface area contributed by atoms with E-state index >= 15 is 0 Å². The van der Waals surface area contributed by atoms with Gasteiger partial charge in [0.2, 0.25) is 11.8 Å². The second kappa shape index (κ2) is 7.26. The Morgan fingerprint density at radius 2 is 2.04 bits per heavy atom. The highest BCUT2D eigenvalue weighted by Crippen LogP contribution is 2.42. The zero-order valence-electron chi connectivity index (χ0n) is 15.3. The fraction of sp³-hybridized carbons (Fsp3) is 0.882. The van der Waals surface area contributed by atoms with Gasteiger partial charge in [-0.3, -0.25) is 4.79 Å². The third kappa shape index (κ3) is 4.25. The summed E-state index contributed by atoms with van der Waals surface area (Å²) in [5.41, 5.74) is -0.568. The molecule has 26 heavy (non-hydrogen) atoms. The van der Waals surface area contributed by atoms with E-state index in [2.05, 4.69) is 5.32 Å². The predicted molar refractivity (Wildman–Crippen MR) is 89.0 cm³/mol. The van der Waals surface area contributed by atoms with E-state index in [1.165, 1.54) is 4.90 Å². The third-order valence-corrected chi connectivity index (χ3v) is 5.31. The van der Waals surface area contributed by atoms with Crippen LogP contribution in [0.1, 0.15) is 25.7 Å². The van der Waals surface area contributed by atoms with Gasteiger partial charge < -0.3 is 24.6 Å².